The molecule has 5 nitrogen and oxygen atoms in total. The average molecular weight is 368 g/mol. The fourth-order valence-electron chi connectivity index (χ4n) is 3.00. The molecule has 2 heterocycles. The Morgan fingerprint density at radius 2 is 1.79 bits per heavy atom. The molecular formula is C23H20N4O. The third kappa shape index (κ3) is 3.99. The lowest BCUT2D eigenvalue weighted by atomic mass is 10.1. The first-order valence-electron chi connectivity index (χ1n) is 9.09. The van der Waals surface area contributed by atoms with Crippen molar-refractivity contribution in [3.63, 3.8) is 0 Å². The van der Waals surface area contributed by atoms with Gasteiger partial charge in [0.25, 0.3) is 5.91 Å². The van der Waals surface area contributed by atoms with E-state index in [0.717, 1.165) is 16.7 Å². The molecule has 2 aromatic carbocycles. The number of hydrogen-bond donors (Lipinski definition) is 1. The Morgan fingerprint density at radius 1 is 1.00 bits per heavy atom. The molecule has 0 bridgehead atoms. The van der Waals surface area contributed by atoms with Gasteiger partial charge < -0.3 is 5.32 Å². The van der Waals surface area contributed by atoms with Crippen LogP contribution in [-0.4, -0.2) is 20.7 Å². The zero-order chi connectivity index (χ0) is 19.3. The fraction of sp³-hybridized carbons (Fsp3) is 0.0870. The lowest BCUT2D eigenvalue weighted by Gasteiger charge is -2.05. The molecular weight excluding hydrogens is 348 g/mol. The number of carbonyl (C=O) groups is 1. The van der Waals surface area contributed by atoms with Crippen LogP contribution in [0, 0.1) is 6.92 Å². The minimum atomic E-state index is -0.206. The standard InChI is InChI=1S/C23H20N4O/c1-17-9-11-19(12-10-17)22-21(23(28)25-20-8-5-13-24-14-20)16-27(26-22)15-18-6-3-2-4-7-18/h2-14,16H,15H2,1H3,(H,25,28). The molecule has 1 amide bonds. The second-order valence-electron chi connectivity index (χ2n) is 6.64. The van der Waals surface area contributed by atoms with Crippen molar-refractivity contribution >= 4 is 11.6 Å². The molecule has 4 aromatic rings. The third-order valence-corrected chi connectivity index (χ3v) is 4.44. The normalized spacial score (nSPS) is 10.6. The number of pyridine rings is 1. The molecule has 0 unspecified atom stereocenters. The van der Waals surface area contributed by atoms with E-state index < -0.39 is 0 Å². The number of hydrogen-bond acceptors (Lipinski definition) is 3. The molecule has 0 atom stereocenters. The molecule has 0 aliphatic carbocycles. The van der Waals surface area contributed by atoms with Crippen LogP contribution in [0.3, 0.4) is 0 Å². The molecule has 4 rings (SSSR count). The number of aryl methyl sites for hydroxylation is 1. The van der Waals surface area contributed by atoms with Crippen LogP contribution in [0.5, 0.6) is 0 Å². The summed E-state index contributed by atoms with van der Waals surface area (Å²) in [4.78, 5) is 17.0. The van der Waals surface area contributed by atoms with Gasteiger partial charge in [-0.3, -0.25) is 14.5 Å². The summed E-state index contributed by atoms with van der Waals surface area (Å²) in [5, 5.41) is 7.61. The Kier molecular flexibility index (Phi) is 4.97. The van der Waals surface area contributed by atoms with Crippen molar-refractivity contribution in [3.05, 3.63) is 102 Å². The number of carbonyl (C=O) groups excluding carboxylic acids is 1. The van der Waals surface area contributed by atoms with Gasteiger partial charge in [0.05, 0.1) is 24.0 Å². The predicted molar refractivity (Wildman–Crippen MR) is 110 cm³/mol. The summed E-state index contributed by atoms with van der Waals surface area (Å²) in [6.07, 6.45) is 5.09. The number of amides is 1. The summed E-state index contributed by atoms with van der Waals surface area (Å²) < 4.78 is 1.81. The topological polar surface area (TPSA) is 59.8 Å². The Balaban J connectivity index is 1.70. The first kappa shape index (κ1) is 17.7. The van der Waals surface area contributed by atoms with Gasteiger partial charge in [-0.15, -0.1) is 0 Å². The monoisotopic (exact) mass is 368 g/mol. The maximum Gasteiger partial charge on any atom is 0.259 e. The smallest absolute Gasteiger partial charge is 0.259 e. The largest absolute Gasteiger partial charge is 0.320 e. The lowest BCUT2D eigenvalue weighted by Crippen LogP contribution is -2.12. The highest BCUT2D eigenvalue weighted by Crippen LogP contribution is 2.24. The zero-order valence-electron chi connectivity index (χ0n) is 15.5. The van der Waals surface area contributed by atoms with Crippen LogP contribution in [-0.2, 0) is 6.54 Å². The Hall–Kier alpha value is -3.73. The molecule has 28 heavy (non-hydrogen) atoms. The van der Waals surface area contributed by atoms with Crippen molar-refractivity contribution in [1.82, 2.24) is 14.8 Å². The van der Waals surface area contributed by atoms with Gasteiger partial charge in [0.1, 0.15) is 5.69 Å². The van der Waals surface area contributed by atoms with Gasteiger partial charge in [-0.2, -0.15) is 5.10 Å². The quantitative estimate of drug-likeness (QED) is 0.562. The molecule has 0 saturated carbocycles. The molecule has 2 aromatic heterocycles. The van der Waals surface area contributed by atoms with E-state index in [1.54, 1.807) is 24.7 Å². The first-order valence-corrected chi connectivity index (χ1v) is 9.09. The SMILES string of the molecule is Cc1ccc(-c2nn(Cc3ccccc3)cc2C(=O)Nc2cccnc2)cc1. The van der Waals surface area contributed by atoms with Crippen LogP contribution in [0.25, 0.3) is 11.3 Å². The maximum atomic E-state index is 12.9. The van der Waals surface area contributed by atoms with Crippen molar-refractivity contribution in [2.24, 2.45) is 0 Å². The maximum absolute atomic E-state index is 12.9. The minimum absolute atomic E-state index is 0.206. The highest BCUT2D eigenvalue weighted by molar-refractivity contribution is 6.07. The van der Waals surface area contributed by atoms with Crippen LogP contribution >= 0.6 is 0 Å². The number of rotatable bonds is 5. The van der Waals surface area contributed by atoms with Crippen LogP contribution in [0.2, 0.25) is 0 Å². The van der Waals surface area contributed by atoms with Gasteiger partial charge in [-0.25, -0.2) is 0 Å². The van der Waals surface area contributed by atoms with Crippen LogP contribution in [0.4, 0.5) is 5.69 Å². The van der Waals surface area contributed by atoms with Crippen molar-refractivity contribution in [3.8, 4) is 11.3 Å². The Morgan fingerprint density at radius 3 is 2.50 bits per heavy atom. The van der Waals surface area contributed by atoms with Gasteiger partial charge in [0.2, 0.25) is 0 Å². The first-order chi connectivity index (χ1) is 13.7. The summed E-state index contributed by atoms with van der Waals surface area (Å²) in [7, 11) is 0. The van der Waals surface area contributed by atoms with Gasteiger partial charge in [-0.1, -0.05) is 60.2 Å². The molecule has 0 radical (unpaired) electrons. The van der Waals surface area contributed by atoms with Crippen LogP contribution in [0.15, 0.2) is 85.3 Å². The van der Waals surface area contributed by atoms with E-state index in [4.69, 9.17) is 5.10 Å². The molecule has 0 fully saturated rings. The second kappa shape index (κ2) is 7.88. The van der Waals surface area contributed by atoms with Crippen molar-refractivity contribution in [1.29, 1.82) is 0 Å². The predicted octanol–water partition coefficient (Wildman–Crippen LogP) is 4.55. The molecule has 0 aliphatic rings. The highest BCUT2D eigenvalue weighted by Gasteiger charge is 2.18. The highest BCUT2D eigenvalue weighted by atomic mass is 16.1. The summed E-state index contributed by atoms with van der Waals surface area (Å²) in [6.45, 7) is 2.63. The molecule has 1 N–H and O–H groups in total. The van der Waals surface area contributed by atoms with E-state index in [0.29, 0.717) is 23.5 Å². The number of anilines is 1. The second-order valence-corrected chi connectivity index (χ2v) is 6.64. The van der Waals surface area contributed by atoms with Crippen LogP contribution < -0.4 is 5.32 Å². The molecule has 138 valence electrons. The summed E-state index contributed by atoms with van der Waals surface area (Å²) in [6, 6.07) is 21.7. The Labute approximate surface area is 163 Å². The number of nitrogens with zero attached hydrogens (tertiary/aromatic N) is 3. The zero-order valence-corrected chi connectivity index (χ0v) is 15.5. The third-order valence-electron chi connectivity index (χ3n) is 4.44. The molecule has 0 aliphatic heterocycles. The average Bonchev–Trinajstić information content (AvgIpc) is 3.14. The number of benzene rings is 2. The number of aromatic nitrogens is 3. The van der Waals surface area contributed by atoms with Crippen LogP contribution in [0.1, 0.15) is 21.5 Å². The molecule has 0 saturated heterocycles. The van der Waals surface area contributed by atoms with E-state index >= 15 is 0 Å². The lowest BCUT2D eigenvalue weighted by molar-refractivity contribution is 0.102. The van der Waals surface area contributed by atoms with Gasteiger partial charge in [0.15, 0.2) is 0 Å². The van der Waals surface area contributed by atoms with E-state index in [9.17, 15) is 4.79 Å². The Bertz CT molecular complexity index is 1070. The number of nitrogens with one attached hydrogen (secondary N) is 1. The minimum Gasteiger partial charge on any atom is -0.320 e. The van der Waals surface area contributed by atoms with E-state index in [2.05, 4.69) is 10.3 Å². The van der Waals surface area contributed by atoms with Crippen molar-refractivity contribution < 1.29 is 4.79 Å². The van der Waals surface area contributed by atoms with Gasteiger partial charge in [0, 0.05) is 18.0 Å². The summed E-state index contributed by atoms with van der Waals surface area (Å²) >= 11 is 0. The van der Waals surface area contributed by atoms with E-state index in [1.165, 1.54) is 0 Å². The fourth-order valence-corrected chi connectivity index (χ4v) is 3.00. The van der Waals surface area contributed by atoms with E-state index in [-0.39, 0.29) is 5.91 Å². The molecule has 0 spiro atoms. The van der Waals surface area contributed by atoms with E-state index in [1.807, 2.05) is 72.3 Å². The summed E-state index contributed by atoms with van der Waals surface area (Å²) in [5.74, 6) is -0.206. The van der Waals surface area contributed by atoms with Crippen molar-refractivity contribution in [2.75, 3.05) is 5.32 Å². The molecule has 5 heteroatoms. The summed E-state index contributed by atoms with van der Waals surface area (Å²) in [5.41, 5.74) is 5.04. The van der Waals surface area contributed by atoms with Gasteiger partial charge >= 0.3 is 0 Å². The van der Waals surface area contributed by atoms with Gasteiger partial charge in [-0.05, 0) is 24.6 Å². The van der Waals surface area contributed by atoms with Crippen molar-refractivity contribution in [2.45, 2.75) is 13.5 Å².